The Labute approximate surface area is 107 Å². The van der Waals surface area contributed by atoms with Crippen molar-refractivity contribution in [2.75, 3.05) is 14.2 Å². The summed E-state index contributed by atoms with van der Waals surface area (Å²) in [7, 11) is 3.11. The van der Waals surface area contributed by atoms with E-state index in [-0.39, 0.29) is 11.5 Å². The number of aliphatic hydroxyl groups excluding tert-OH is 1. The first-order chi connectivity index (χ1) is 8.62. The molecule has 1 fully saturated rings. The number of hydrogen-bond acceptors (Lipinski definition) is 4. The number of allylic oxidation sites excluding steroid dienone is 4. The Hall–Kier alpha value is -1.39. The minimum atomic E-state index is -0.847. The predicted octanol–water partition coefficient (Wildman–Crippen LogP) is 2.43. The fraction of sp³-hybridized carbons (Fsp3) is 0.500. The maximum atomic E-state index is 11.6. The zero-order valence-electron chi connectivity index (χ0n) is 10.7. The van der Waals surface area contributed by atoms with Gasteiger partial charge in [0.1, 0.15) is 5.76 Å². The standard InChI is InChI=1S/C14H18O4/c1-17-14(18-2)8-4-5-10(9-14)13(16)11-6-3-7-12(11)15/h4-5,8,16H,3,6-7,9H2,1-2H3. The van der Waals surface area contributed by atoms with E-state index in [4.69, 9.17) is 9.47 Å². The van der Waals surface area contributed by atoms with Crippen LogP contribution >= 0.6 is 0 Å². The Morgan fingerprint density at radius 2 is 2.06 bits per heavy atom. The molecule has 2 aliphatic rings. The van der Waals surface area contributed by atoms with Crippen LogP contribution < -0.4 is 0 Å². The summed E-state index contributed by atoms with van der Waals surface area (Å²) < 4.78 is 10.7. The number of aliphatic hydroxyl groups is 1. The van der Waals surface area contributed by atoms with Crippen LogP contribution in [0, 0.1) is 0 Å². The lowest BCUT2D eigenvalue weighted by molar-refractivity contribution is -0.169. The van der Waals surface area contributed by atoms with E-state index >= 15 is 0 Å². The zero-order valence-corrected chi connectivity index (χ0v) is 10.7. The molecule has 2 aliphatic carbocycles. The van der Waals surface area contributed by atoms with Gasteiger partial charge in [-0.1, -0.05) is 12.2 Å². The van der Waals surface area contributed by atoms with Crippen LogP contribution in [0.2, 0.25) is 0 Å². The molecule has 4 nitrogen and oxygen atoms in total. The molecule has 18 heavy (non-hydrogen) atoms. The number of carbonyl (C=O) groups excluding carboxylic acids is 1. The number of rotatable bonds is 3. The molecule has 0 amide bonds. The van der Waals surface area contributed by atoms with Crippen molar-refractivity contribution in [2.24, 2.45) is 0 Å². The predicted molar refractivity (Wildman–Crippen MR) is 67.1 cm³/mol. The van der Waals surface area contributed by atoms with E-state index in [1.165, 1.54) is 0 Å². The van der Waals surface area contributed by atoms with Gasteiger partial charge in [-0.05, 0) is 24.5 Å². The lowest BCUT2D eigenvalue weighted by Crippen LogP contribution is -2.33. The third-order valence-corrected chi connectivity index (χ3v) is 3.53. The van der Waals surface area contributed by atoms with Crippen LogP contribution in [0.1, 0.15) is 25.7 Å². The van der Waals surface area contributed by atoms with Crippen molar-refractivity contribution in [3.8, 4) is 0 Å². The summed E-state index contributed by atoms with van der Waals surface area (Å²) in [6.07, 6.45) is 7.78. The fourth-order valence-corrected chi connectivity index (χ4v) is 2.38. The van der Waals surface area contributed by atoms with E-state index < -0.39 is 5.79 Å². The van der Waals surface area contributed by atoms with Gasteiger partial charge in [0.25, 0.3) is 0 Å². The minimum absolute atomic E-state index is 0.0448. The molecule has 0 atom stereocenters. The van der Waals surface area contributed by atoms with Crippen LogP contribution in [-0.2, 0) is 14.3 Å². The number of Topliss-reactive ketones (excluding diaryl/α,β-unsaturated/α-hetero) is 1. The van der Waals surface area contributed by atoms with Crippen molar-refractivity contribution in [3.05, 3.63) is 35.1 Å². The van der Waals surface area contributed by atoms with Crippen LogP contribution in [-0.4, -0.2) is 30.9 Å². The van der Waals surface area contributed by atoms with Crippen molar-refractivity contribution in [3.63, 3.8) is 0 Å². The smallest absolute Gasteiger partial charge is 0.191 e. The first kappa shape index (κ1) is 13.1. The summed E-state index contributed by atoms with van der Waals surface area (Å²) in [4.78, 5) is 11.6. The largest absolute Gasteiger partial charge is 0.507 e. The first-order valence-electron chi connectivity index (χ1n) is 6.06. The highest BCUT2D eigenvalue weighted by Crippen LogP contribution is 2.33. The van der Waals surface area contributed by atoms with Crippen LogP contribution in [0.4, 0.5) is 0 Å². The molecular weight excluding hydrogens is 232 g/mol. The number of carbonyl (C=O) groups is 1. The van der Waals surface area contributed by atoms with Gasteiger partial charge in [-0.25, -0.2) is 0 Å². The van der Waals surface area contributed by atoms with E-state index in [2.05, 4.69) is 0 Å². The molecule has 98 valence electrons. The Bertz CT molecular complexity index is 439. The molecule has 1 N–H and O–H groups in total. The molecule has 0 aromatic carbocycles. The Morgan fingerprint density at radius 3 is 2.61 bits per heavy atom. The molecule has 0 bridgehead atoms. The quantitative estimate of drug-likeness (QED) is 0.475. The summed E-state index contributed by atoms with van der Waals surface area (Å²) in [5.41, 5.74) is 1.23. The lowest BCUT2D eigenvalue weighted by atomic mass is 9.95. The molecule has 0 spiro atoms. The normalized spacial score (nSPS) is 25.2. The van der Waals surface area contributed by atoms with Crippen LogP contribution in [0.25, 0.3) is 0 Å². The molecule has 0 radical (unpaired) electrons. The summed E-state index contributed by atoms with van der Waals surface area (Å²) in [5, 5.41) is 10.2. The summed E-state index contributed by atoms with van der Waals surface area (Å²) >= 11 is 0. The number of hydrogen-bond donors (Lipinski definition) is 1. The highest BCUT2D eigenvalue weighted by Gasteiger charge is 2.32. The van der Waals surface area contributed by atoms with Gasteiger partial charge in [-0.3, -0.25) is 4.79 Å². The van der Waals surface area contributed by atoms with Gasteiger partial charge < -0.3 is 14.6 Å². The van der Waals surface area contributed by atoms with E-state index in [0.717, 1.165) is 6.42 Å². The molecule has 0 heterocycles. The fourth-order valence-electron chi connectivity index (χ4n) is 2.38. The van der Waals surface area contributed by atoms with E-state index in [1.807, 2.05) is 0 Å². The van der Waals surface area contributed by atoms with Gasteiger partial charge in [0.15, 0.2) is 11.6 Å². The van der Waals surface area contributed by atoms with Gasteiger partial charge >= 0.3 is 0 Å². The third kappa shape index (κ3) is 2.26. The number of methoxy groups -OCH3 is 2. The van der Waals surface area contributed by atoms with Gasteiger partial charge in [0, 0.05) is 32.6 Å². The summed E-state index contributed by atoms with van der Waals surface area (Å²) in [5.74, 6) is -0.705. The minimum Gasteiger partial charge on any atom is -0.507 e. The zero-order chi connectivity index (χ0) is 13.2. The highest BCUT2D eigenvalue weighted by molar-refractivity contribution is 5.98. The monoisotopic (exact) mass is 250 g/mol. The highest BCUT2D eigenvalue weighted by atomic mass is 16.7. The van der Waals surface area contributed by atoms with Gasteiger partial charge in [-0.2, -0.15) is 0 Å². The molecule has 0 unspecified atom stereocenters. The first-order valence-corrected chi connectivity index (χ1v) is 6.06. The summed E-state index contributed by atoms with van der Waals surface area (Å²) in [6, 6.07) is 0. The van der Waals surface area contributed by atoms with Crippen molar-refractivity contribution >= 4 is 5.78 Å². The van der Waals surface area contributed by atoms with Crippen molar-refractivity contribution < 1.29 is 19.4 Å². The average Bonchev–Trinajstić information content (AvgIpc) is 2.84. The molecule has 0 aliphatic heterocycles. The molecule has 4 heteroatoms. The second-order valence-corrected chi connectivity index (χ2v) is 4.55. The average molecular weight is 250 g/mol. The Kier molecular flexibility index (Phi) is 3.68. The van der Waals surface area contributed by atoms with Gasteiger partial charge in [0.2, 0.25) is 0 Å². The van der Waals surface area contributed by atoms with Crippen molar-refractivity contribution in [1.82, 2.24) is 0 Å². The van der Waals surface area contributed by atoms with E-state index in [1.54, 1.807) is 32.4 Å². The van der Waals surface area contributed by atoms with E-state index in [9.17, 15) is 9.90 Å². The molecule has 2 rings (SSSR count). The van der Waals surface area contributed by atoms with E-state index in [0.29, 0.717) is 30.4 Å². The van der Waals surface area contributed by atoms with Gasteiger partial charge in [-0.15, -0.1) is 0 Å². The maximum Gasteiger partial charge on any atom is 0.191 e. The van der Waals surface area contributed by atoms with Crippen molar-refractivity contribution in [1.29, 1.82) is 0 Å². The Balaban J connectivity index is 2.28. The SMILES string of the molecule is COC1(OC)C=CC=C(C(O)=C2CCCC2=O)C1. The lowest BCUT2D eigenvalue weighted by Gasteiger charge is -2.30. The van der Waals surface area contributed by atoms with Crippen LogP contribution in [0.15, 0.2) is 35.1 Å². The Morgan fingerprint density at radius 1 is 1.33 bits per heavy atom. The number of ether oxygens (including phenoxy) is 2. The third-order valence-electron chi connectivity index (χ3n) is 3.53. The molecule has 0 saturated heterocycles. The second-order valence-electron chi connectivity index (χ2n) is 4.55. The topological polar surface area (TPSA) is 55.8 Å². The van der Waals surface area contributed by atoms with Crippen molar-refractivity contribution in [2.45, 2.75) is 31.5 Å². The van der Waals surface area contributed by atoms with Gasteiger partial charge in [0.05, 0.1) is 0 Å². The molecule has 0 aromatic rings. The summed E-state index contributed by atoms with van der Waals surface area (Å²) in [6.45, 7) is 0. The molecule has 1 saturated carbocycles. The molecular formula is C14H18O4. The van der Waals surface area contributed by atoms with Crippen LogP contribution in [0.3, 0.4) is 0 Å². The number of ketones is 1. The second kappa shape index (κ2) is 5.08. The molecule has 0 aromatic heterocycles. The maximum absolute atomic E-state index is 11.6. The van der Waals surface area contributed by atoms with Crippen LogP contribution in [0.5, 0.6) is 0 Å².